The lowest BCUT2D eigenvalue weighted by Gasteiger charge is -2.27. The average Bonchev–Trinajstić information content (AvgIpc) is 2.59. The van der Waals surface area contributed by atoms with Gasteiger partial charge >= 0.3 is 5.97 Å². The highest BCUT2D eigenvalue weighted by Crippen LogP contribution is 2.63. The monoisotopic (exact) mass is 168 g/mol. The number of carbonyl (C=O) groups is 1. The Balaban J connectivity index is 2.94. The summed E-state index contributed by atoms with van der Waals surface area (Å²) in [7, 11) is 0. The highest BCUT2D eigenvalue weighted by Gasteiger charge is 2.65. The van der Waals surface area contributed by atoms with E-state index in [4.69, 9.17) is 5.11 Å². The Morgan fingerprint density at radius 3 is 2.25 bits per heavy atom. The molecule has 1 N–H and O–H groups in total. The van der Waals surface area contributed by atoms with Gasteiger partial charge in [-0.25, -0.2) is 0 Å². The normalized spacial score (nSPS) is 34.4. The summed E-state index contributed by atoms with van der Waals surface area (Å²) in [6, 6.07) is 0. The zero-order valence-corrected chi connectivity index (χ0v) is 7.92. The summed E-state index contributed by atoms with van der Waals surface area (Å²) >= 11 is 0. The molecule has 0 aliphatic heterocycles. The van der Waals surface area contributed by atoms with Gasteiger partial charge in [0.15, 0.2) is 0 Å². The minimum Gasteiger partial charge on any atom is -0.481 e. The van der Waals surface area contributed by atoms with Crippen molar-refractivity contribution in [3.63, 3.8) is 0 Å². The predicted molar refractivity (Wildman–Crippen MR) is 47.8 cm³/mol. The molecule has 2 atom stereocenters. The molecule has 0 saturated heterocycles. The molecule has 2 unspecified atom stereocenters. The first kappa shape index (κ1) is 9.30. The van der Waals surface area contributed by atoms with Crippen molar-refractivity contribution in [2.45, 2.75) is 27.2 Å². The van der Waals surface area contributed by atoms with Gasteiger partial charge in [0.1, 0.15) is 0 Å². The Morgan fingerprint density at radius 2 is 2.17 bits per heavy atom. The highest BCUT2D eigenvalue weighted by molar-refractivity contribution is 5.80. The van der Waals surface area contributed by atoms with Crippen molar-refractivity contribution in [1.82, 2.24) is 0 Å². The summed E-state index contributed by atoms with van der Waals surface area (Å²) in [4.78, 5) is 11.1. The summed E-state index contributed by atoms with van der Waals surface area (Å²) in [5.41, 5.74) is -0.716. The van der Waals surface area contributed by atoms with E-state index in [1.165, 1.54) is 0 Å². The van der Waals surface area contributed by atoms with E-state index in [0.29, 0.717) is 0 Å². The van der Waals surface area contributed by atoms with Crippen LogP contribution >= 0.6 is 0 Å². The summed E-state index contributed by atoms with van der Waals surface area (Å²) in [6.07, 6.45) is 2.51. The smallest absolute Gasteiger partial charge is 0.310 e. The summed E-state index contributed by atoms with van der Waals surface area (Å²) in [5, 5.41) is 9.09. The second kappa shape index (κ2) is 2.35. The molecule has 0 heterocycles. The molecule has 0 aromatic rings. The number of hydrogen-bond donors (Lipinski definition) is 1. The van der Waals surface area contributed by atoms with Gasteiger partial charge in [-0.1, -0.05) is 26.8 Å². The molecule has 1 aliphatic rings. The Kier molecular flexibility index (Phi) is 1.82. The van der Waals surface area contributed by atoms with E-state index in [1.54, 1.807) is 6.08 Å². The van der Waals surface area contributed by atoms with Crippen molar-refractivity contribution in [1.29, 1.82) is 0 Å². The Bertz CT molecular complexity index is 224. The first-order valence-corrected chi connectivity index (χ1v) is 4.22. The fraction of sp³-hybridized carbons (Fsp3) is 0.700. The topological polar surface area (TPSA) is 37.3 Å². The molecular formula is C10H16O2. The third kappa shape index (κ3) is 0.977. The molecule has 0 spiro atoms. The minimum absolute atomic E-state index is 0.162. The standard InChI is InChI=1S/C10H16O2/c1-5-7-6-10(7,8(11)12)9(2,3)4/h5,7H,1,6H2,2-4H3,(H,11,12). The molecular weight excluding hydrogens is 152 g/mol. The van der Waals surface area contributed by atoms with Gasteiger partial charge in [-0.05, 0) is 17.8 Å². The van der Waals surface area contributed by atoms with Crippen LogP contribution in [0, 0.1) is 16.7 Å². The van der Waals surface area contributed by atoms with Crippen LogP contribution in [0.15, 0.2) is 12.7 Å². The van der Waals surface area contributed by atoms with Crippen LogP contribution in [0.25, 0.3) is 0 Å². The van der Waals surface area contributed by atoms with E-state index in [2.05, 4.69) is 6.58 Å². The van der Waals surface area contributed by atoms with E-state index in [1.807, 2.05) is 20.8 Å². The molecule has 12 heavy (non-hydrogen) atoms. The van der Waals surface area contributed by atoms with Gasteiger partial charge in [0.25, 0.3) is 0 Å². The molecule has 1 aliphatic carbocycles. The van der Waals surface area contributed by atoms with Crippen LogP contribution in [-0.4, -0.2) is 11.1 Å². The van der Waals surface area contributed by atoms with E-state index in [0.717, 1.165) is 6.42 Å². The molecule has 0 aromatic heterocycles. The van der Waals surface area contributed by atoms with Gasteiger partial charge in [0, 0.05) is 0 Å². The summed E-state index contributed by atoms with van der Waals surface area (Å²) < 4.78 is 0. The number of hydrogen-bond acceptors (Lipinski definition) is 1. The first-order valence-electron chi connectivity index (χ1n) is 4.22. The molecule has 0 bridgehead atoms. The van der Waals surface area contributed by atoms with E-state index in [9.17, 15) is 4.79 Å². The Hall–Kier alpha value is -0.790. The summed E-state index contributed by atoms with van der Waals surface area (Å²) in [6.45, 7) is 9.58. The SMILES string of the molecule is C=CC1CC1(C(=O)O)C(C)(C)C. The fourth-order valence-corrected chi connectivity index (χ4v) is 2.00. The number of carboxylic acid groups (broad SMARTS) is 1. The summed E-state index contributed by atoms with van der Waals surface area (Å²) in [5.74, 6) is -0.519. The zero-order chi connectivity index (χ0) is 9.57. The third-order valence-corrected chi connectivity index (χ3v) is 3.02. The van der Waals surface area contributed by atoms with Gasteiger partial charge in [-0.15, -0.1) is 6.58 Å². The zero-order valence-electron chi connectivity index (χ0n) is 7.92. The van der Waals surface area contributed by atoms with Crippen LogP contribution in [0.4, 0.5) is 0 Å². The number of carboxylic acids is 1. The average molecular weight is 168 g/mol. The first-order chi connectivity index (χ1) is 5.36. The van der Waals surface area contributed by atoms with Crippen LogP contribution in [0.2, 0.25) is 0 Å². The van der Waals surface area contributed by atoms with E-state index < -0.39 is 11.4 Å². The largest absolute Gasteiger partial charge is 0.481 e. The van der Waals surface area contributed by atoms with Crippen LogP contribution in [0.3, 0.4) is 0 Å². The molecule has 2 nitrogen and oxygen atoms in total. The highest BCUT2D eigenvalue weighted by atomic mass is 16.4. The molecule has 1 rings (SSSR count). The van der Waals surface area contributed by atoms with E-state index >= 15 is 0 Å². The molecule has 0 aromatic carbocycles. The number of allylic oxidation sites excluding steroid dienone is 1. The van der Waals surface area contributed by atoms with Gasteiger partial charge in [-0.2, -0.15) is 0 Å². The second-order valence-electron chi connectivity index (χ2n) is 4.57. The van der Waals surface area contributed by atoms with Crippen molar-refractivity contribution < 1.29 is 9.90 Å². The van der Waals surface area contributed by atoms with Gasteiger partial charge in [-0.3, -0.25) is 4.79 Å². The number of aliphatic carboxylic acids is 1. The fourth-order valence-electron chi connectivity index (χ4n) is 2.00. The van der Waals surface area contributed by atoms with Crippen LogP contribution < -0.4 is 0 Å². The predicted octanol–water partition coefficient (Wildman–Crippen LogP) is 2.31. The van der Waals surface area contributed by atoms with Crippen molar-refractivity contribution in [3.05, 3.63) is 12.7 Å². The maximum absolute atomic E-state index is 11.1. The number of rotatable bonds is 2. The Labute approximate surface area is 73.3 Å². The van der Waals surface area contributed by atoms with Crippen molar-refractivity contribution in [2.24, 2.45) is 16.7 Å². The van der Waals surface area contributed by atoms with Crippen LogP contribution in [0.5, 0.6) is 0 Å². The molecule has 68 valence electrons. The second-order valence-corrected chi connectivity index (χ2v) is 4.57. The van der Waals surface area contributed by atoms with Gasteiger partial charge in [0.2, 0.25) is 0 Å². The lowest BCUT2D eigenvalue weighted by atomic mass is 9.76. The van der Waals surface area contributed by atoms with Crippen molar-refractivity contribution in [3.8, 4) is 0 Å². The molecule has 1 fully saturated rings. The van der Waals surface area contributed by atoms with Gasteiger partial charge in [0.05, 0.1) is 5.41 Å². The van der Waals surface area contributed by atoms with Crippen LogP contribution in [-0.2, 0) is 4.79 Å². The lowest BCUT2D eigenvalue weighted by molar-refractivity contribution is -0.148. The third-order valence-electron chi connectivity index (χ3n) is 3.02. The van der Waals surface area contributed by atoms with Gasteiger partial charge < -0.3 is 5.11 Å². The molecule has 2 heteroatoms. The van der Waals surface area contributed by atoms with E-state index in [-0.39, 0.29) is 11.3 Å². The minimum atomic E-state index is -0.681. The van der Waals surface area contributed by atoms with Crippen molar-refractivity contribution in [2.75, 3.05) is 0 Å². The Morgan fingerprint density at radius 1 is 1.67 bits per heavy atom. The maximum Gasteiger partial charge on any atom is 0.310 e. The molecule has 0 amide bonds. The van der Waals surface area contributed by atoms with Crippen LogP contribution in [0.1, 0.15) is 27.2 Å². The molecule has 0 radical (unpaired) electrons. The molecule has 1 saturated carbocycles. The lowest BCUT2D eigenvalue weighted by Crippen LogP contribution is -2.32. The maximum atomic E-state index is 11.1. The quantitative estimate of drug-likeness (QED) is 0.642. The van der Waals surface area contributed by atoms with Crippen molar-refractivity contribution >= 4 is 5.97 Å².